The number of carbonyl (C=O) groups is 2. The number of aromatic hydroxyl groups is 1. The predicted octanol–water partition coefficient (Wildman–Crippen LogP) is 0.348. The maximum absolute atomic E-state index is 11.9. The molecule has 0 amide bonds. The van der Waals surface area contributed by atoms with Crippen molar-refractivity contribution in [1.82, 2.24) is 0 Å². The highest BCUT2D eigenvalue weighted by Gasteiger charge is 2.47. The third-order valence-electron chi connectivity index (χ3n) is 9.50. The van der Waals surface area contributed by atoms with Crippen LogP contribution in [0.4, 0.5) is 4.79 Å². The number of fused-ring (bicyclic) bond motifs is 1. The molecule has 3 aromatic rings. The highest BCUT2D eigenvalue weighted by Crippen LogP contribution is 2.43. The van der Waals surface area contributed by atoms with Crippen molar-refractivity contribution < 1.29 is 93.1 Å². The van der Waals surface area contributed by atoms with Crippen LogP contribution in [0.3, 0.4) is 0 Å². The first-order valence-electron chi connectivity index (χ1n) is 16.8. The SMILES string of the molecule is COc1cc(OC[C@H]2O[C@@H](c3cc(O)c4c(c3)COC4=O)[C@H](O)[C@@H](O)[C@@H]2O)ccc1[C@@H]1O[C@H](COc2cc(OC)c(OC(=O)O)c(OC)c2)[C@@H](O)[C@H](O)[C@H]1O. The molecule has 3 aromatic carbocycles. The molecule has 6 rings (SSSR count). The molecule has 10 atom stereocenters. The lowest BCUT2D eigenvalue weighted by atomic mass is 9.90. The molecule has 0 aromatic heterocycles. The highest BCUT2D eigenvalue weighted by molar-refractivity contribution is 5.96. The van der Waals surface area contributed by atoms with Gasteiger partial charge in [0, 0.05) is 29.3 Å². The van der Waals surface area contributed by atoms with E-state index in [1.54, 1.807) is 0 Å². The lowest BCUT2D eigenvalue weighted by molar-refractivity contribution is -0.230. The maximum atomic E-state index is 11.9. The molecule has 2 fully saturated rings. The Morgan fingerprint density at radius 2 is 1.25 bits per heavy atom. The fourth-order valence-corrected chi connectivity index (χ4v) is 6.65. The monoisotopic (exact) mass is 776 g/mol. The highest BCUT2D eigenvalue weighted by atomic mass is 16.7. The van der Waals surface area contributed by atoms with Crippen LogP contribution in [-0.4, -0.2) is 136 Å². The number of rotatable bonds is 12. The Labute approximate surface area is 312 Å². The molecule has 3 aliphatic rings. The van der Waals surface area contributed by atoms with Gasteiger partial charge in [0.1, 0.15) is 109 Å². The Kier molecular flexibility index (Phi) is 11.7. The molecule has 3 heterocycles. The molecule has 55 heavy (non-hydrogen) atoms. The smallest absolute Gasteiger partial charge is 0.507 e. The quantitative estimate of drug-likeness (QED) is 0.0910. The number of methoxy groups -OCH3 is 3. The van der Waals surface area contributed by atoms with Gasteiger partial charge in [0.2, 0.25) is 5.75 Å². The maximum Gasteiger partial charge on any atom is 0.511 e. The molecule has 0 aliphatic carbocycles. The van der Waals surface area contributed by atoms with Crippen LogP contribution in [0.1, 0.15) is 39.3 Å². The number of phenols is 1. The van der Waals surface area contributed by atoms with Gasteiger partial charge in [-0.1, -0.05) is 0 Å². The minimum atomic E-state index is -1.69. The van der Waals surface area contributed by atoms with E-state index in [9.17, 15) is 45.3 Å². The van der Waals surface area contributed by atoms with Crippen molar-refractivity contribution in [2.24, 2.45) is 0 Å². The van der Waals surface area contributed by atoms with Crippen LogP contribution in [-0.2, 0) is 20.8 Å². The Bertz CT molecular complexity index is 1860. The van der Waals surface area contributed by atoms with Crippen LogP contribution < -0.4 is 28.4 Å². The molecule has 0 saturated carbocycles. The summed E-state index contributed by atoms with van der Waals surface area (Å²) in [6.45, 7) is -0.800. The number of aliphatic hydroxyl groups is 6. The number of hydrogen-bond donors (Lipinski definition) is 8. The van der Waals surface area contributed by atoms with E-state index in [0.29, 0.717) is 5.56 Å². The van der Waals surface area contributed by atoms with E-state index < -0.39 is 73.2 Å². The normalized spacial score (nSPS) is 28.8. The van der Waals surface area contributed by atoms with Gasteiger partial charge in [0.15, 0.2) is 11.5 Å². The molecule has 298 valence electrons. The van der Waals surface area contributed by atoms with Gasteiger partial charge in [0.05, 0.1) is 21.3 Å². The average molecular weight is 777 g/mol. The molecule has 0 bridgehead atoms. The number of phenolic OH excluding ortho intramolecular Hbond substituents is 1. The third-order valence-corrected chi connectivity index (χ3v) is 9.50. The first-order chi connectivity index (χ1) is 26.3. The largest absolute Gasteiger partial charge is 0.511 e. The zero-order valence-corrected chi connectivity index (χ0v) is 29.5. The van der Waals surface area contributed by atoms with Gasteiger partial charge in [0.25, 0.3) is 0 Å². The van der Waals surface area contributed by atoms with Gasteiger partial charge < -0.3 is 83.5 Å². The summed E-state index contributed by atoms with van der Waals surface area (Å²) < 4.78 is 49.3. The number of hydrogen-bond acceptors (Lipinski definition) is 18. The second-order valence-corrected chi connectivity index (χ2v) is 12.8. The predicted molar refractivity (Wildman–Crippen MR) is 181 cm³/mol. The zero-order chi connectivity index (χ0) is 39.7. The summed E-state index contributed by atoms with van der Waals surface area (Å²) >= 11 is 0. The van der Waals surface area contributed by atoms with Crippen molar-refractivity contribution in [3.63, 3.8) is 0 Å². The lowest BCUT2D eigenvalue weighted by Gasteiger charge is -2.41. The van der Waals surface area contributed by atoms with Crippen LogP contribution in [0.5, 0.6) is 40.2 Å². The van der Waals surface area contributed by atoms with E-state index in [0.717, 1.165) is 0 Å². The molecule has 2 saturated heterocycles. The third kappa shape index (κ3) is 7.86. The van der Waals surface area contributed by atoms with Crippen LogP contribution in [0.15, 0.2) is 42.5 Å². The van der Waals surface area contributed by atoms with Crippen molar-refractivity contribution >= 4 is 12.1 Å². The summed E-state index contributed by atoms with van der Waals surface area (Å²) in [4.78, 5) is 23.1. The number of esters is 1. The van der Waals surface area contributed by atoms with E-state index in [2.05, 4.69) is 0 Å². The number of benzene rings is 3. The van der Waals surface area contributed by atoms with Gasteiger partial charge in [-0.15, -0.1) is 0 Å². The Balaban J connectivity index is 1.15. The van der Waals surface area contributed by atoms with Crippen molar-refractivity contribution in [3.8, 4) is 40.2 Å². The van der Waals surface area contributed by atoms with Gasteiger partial charge in [-0.2, -0.15) is 0 Å². The fourth-order valence-electron chi connectivity index (χ4n) is 6.65. The van der Waals surface area contributed by atoms with Crippen molar-refractivity contribution in [2.75, 3.05) is 34.5 Å². The molecule has 0 unspecified atom stereocenters. The zero-order valence-electron chi connectivity index (χ0n) is 29.5. The first-order valence-corrected chi connectivity index (χ1v) is 16.8. The van der Waals surface area contributed by atoms with Gasteiger partial charge in [-0.3, -0.25) is 0 Å². The summed E-state index contributed by atoms with van der Waals surface area (Å²) in [5.41, 5.74) is 0.842. The number of carbonyl (C=O) groups excluding carboxylic acids is 1. The molecule has 3 aliphatic heterocycles. The number of ether oxygens (including phenoxy) is 9. The summed E-state index contributed by atoms with van der Waals surface area (Å²) in [6, 6.07) is 9.74. The summed E-state index contributed by atoms with van der Waals surface area (Å²) in [6.07, 6.45) is -16.3. The van der Waals surface area contributed by atoms with Gasteiger partial charge >= 0.3 is 12.1 Å². The van der Waals surface area contributed by atoms with E-state index in [1.807, 2.05) is 0 Å². The van der Waals surface area contributed by atoms with E-state index in [1.165, 1.54) is 63.8 Å². The minimum absolute atomic E-state index is 0.00725. The average Bonchev–Trinajstić information content (AvgIpc) is 3.56. The van der Waals surface area contributed by atoms with Crippen LogP contribution in [0, 0.1) is 0 Å². The van der Waals surface area contributed by atoms with Crippen molar-refractivity contribution in [1.29, 1.82) is 0 Å². The first kappa shape index (κ1) is 39.6. The number of carboxylic acid groups (broad SMARTS) is 1. The van der Waals surface area contributed by atoms with Crippen molar-refractivity contribution in [3.05, 3.63) is 64.7 Å². The molecule has 8 N–H and O–H groups in total. The molecule has 19 heteroatoms. The Hall–Kier alpha value is -5.12. The molecular weight excluding hydrogens is 736 g/mol. The van der Waals surface area contributed by atoms with Gasteiger partial charge in [-0.05, 0) is 29.8 Å². The summed E-state index contributed by atoms with van der Waals surface area (Å²) in [5, 5.41) is 84.2. The van der Waals surface area contributed by atoms with Crippen LogP contribution in [0.25, 0.3) is 0 Å². The molecule has 19 nitrogen and oxygen atoms in total. The molecular formula is C36H40O19. The van der Waals surface area contributed by atoms with Crippen LogP contribution in [0.2, 0.25) is 0 Å². The standard InChI is InChI=1S/C36H40O19/c1-47-20-8-16(50-12-23-26(38)28(40)30(42)32(53-23)14-6-15-11-52-35(44)25(15)19(37)7-14)4-5-18(20)33-31(43)29(41)27(39)24(54-33)13-51-17-9-21(48-2)34(55-36(45)46)22(10-17)49-3/h4-10,23-24,26-33,37-43H,11-13H2,1-3H3,(H,45,46)/t23-,24-,26-,27-,28+,29+,30-,31-,32+,33+/m1/s1. The van der Waals surface area contributed by atoms with E-state index in [-0.39, 0.29) is 76.8 Å². The fraction of sp³-hybridized carbons (Fsp3) is 0.444. The van der Waals surface area contributed by atoms with Crippen molar-refractivity contribution in [2.45, 2.75) is 67.6 Å². The second kappa shape index (κ2) is 16.3. The Morgan fingerprint density at radius 1 is 0.709 bits per heavy atom. The summed E-state index contributed by atoms with van der Waals surface area (Å²) in [7, 11) is 3.89. The number of cyclic esters (lactones) is 1. The minimum Gasteiger partial charge on any atom is -0.507 e. The van der Waals surface area contributed by atoms with Crippen LogP contribution >= 0.6 is 0 Å². The van der Waals surface area contributed by atoms with E-state index in [4.69, 9.17) is 47.7 Å². The molecule has 0 radical (unpaired) electrons. The summed E-state index contributed by atoms with van der Waals surface area (Å²) in [5.74, 6) is -0.942. The number of aliphatic hydroxyl groups excluding tert-OH is 6. The second-order valence-electron chi connectivity index (χ2n) is 12.8. The van der Waals surface area contributed by atoms with E-state index >= 15 is 0 Å². The molecule has 0 spiro atoms. The lowest BCUT2D eigenvalue weighted by Crippen LogP contribution is -2.55. The topological polar surface area (TPSA) is 279 Å². The Morgan fingerprint density at radius 3 is 1.84 bits per heavy atom. The van der Waals surface area contributed by atoms with Gasteiger partial charge in [-0.25, -0.2) is 9.59 Å².